The van der Waals surface area contributed by atoms with Gasteiger partial charge in [0.2, 0.25) is 10.0 Å². The van der Waals surface area contributed by atoms with E-state index in [-0.39, 0.29) is 0 Å². The zero-order valence-electron chi connectivity index (χ0n) is 8.35. The van der Waals surface area contributed by atoms with Gasteiger partial charge in [-0.25, -0.2) is 8.42 Å². The third kappa shape index (κ3) is 1.73. The first kappa shape index (κ1) is 10.2. The molecule has 1 aliphatic heterocycles. The topological polar surface area (TPSA) is 37.4 Å². The minimum Gasteiger partial charge on any atom is -0.208 e. The fourth-order valence-corrected chi connectivity index (χ4v) is 3.69. The Bertz CT molecular complexity index is 309. The van der Waals surface area contributed by atoms with Crippen LogP contribution < -0.4 is 0 Å². The van der Waals surface area contributed by atoms with Crippen LogP contribution in [0.15, 0.2) is 12.0 Å². The smallest absolute Gasteiger partial charge is 0.208 e. The number of hydrogen-bond donors (Lipinski definition) is 0. The molecule has 80 valence electrons. The summed E-state index contributed by atoms with van der Waals surface area (Å²) in [6.07, 6.45) is 4.94. The van der Waals surface area contributed by atoms with Crippen molar-refractivity contribution in [3.63, 3.8) is 0 Å². The molecule has 1 saturated carbocycles. The molecule has 0 aromatic rings. The summed E-state index contributed by atoms with van der Waals surface area (Å²) in [6.45, 7) is 4.81. The van der Waals surface area contributed by atoms with Gasteiger partial charge in [-0.3, -0.25) is 0 Å². The van der Waals surface area contributed by atoms with Crippen LogP contribution in [0, 0.1) is 11.8 Å². The summed E-state index contributed by atoms with van der Waals surface area (Å²) in [5.74, 6) is 1.22. The van der Waals surface area contributed by atoms with Gasteiger partial charge in [0, 0.05) is 18.5 Å². The van der Waals surface area contributed by atoms with Crippen molar-refractivity contribution in [1.29, 1.82) is 0 Å². The largest absolute Gasteiger partial charge is 0.235 e. The molecule has 0 amide bonds. The van der Waals surface area contributed by atoms with Gasteiger partial charge in [-0.05, 0) is 24.7 Å². The lowest BCUT2D eigenvalue weighted by molar-refractivity contribution is 0.299. The Morgan fingerprint density at radius 3 is 2.07 bits per heavy atom. The molecule has 0 unspecified atom stereocenters. The molecule has 14 heavy (non-hydrogen) atoms. The fourth-order valence-electron chi connectivity index (χ4n) is 2.68. The van der Waals surface area contributed by atoms with Gasteiger partial charge in [-0.2, -0.15) is 4.31 Å². The Labute approximate surface area is 85.8 Å². The van der Waals surface area contributed by atoms with Crippen LogP contribution in [0.4, 0.5) is 0 Å². The van der Waals surface area contributed by atoms with Gasteiger partial charge in [-0.15, -0.1) is 0 Å². The maximum absolute atomic E-state index is 11.6. The van der Waals surface area contributed by atoms with Crippen LogP contribution in [0.3, 0.4) is 0 Å². The number of nitrogens with zero attached hydrogens (tertiary/aromatic N) is 1. The van der Waals surface area contributed by atoms with E-state index < -0.39 is 10.0 Å². The van der Waals surface area contributed by atoms with Gasteiger partial charge in [0.05, 0.1) is 0 Å². The molecule has 0 radical (unpaired) electrons. The van der Waals surface area contributed by atoms with Crippen LogP contribution in [0.2, 0.25) is 0 Å². The number of sulfonamides is 1. The molecular formula is C10H17NO2S. The summed E-state index contributed by atoms with van der Waals surface area (Å²) in [7, 11) is -3.16. The van der Waals surface area contributed by atoms with Crippen LogP contribution in [0.5, 0.6) is 0 Å². The van der Waals surface area contributed by atoms with Gasteiger partial charge in [0.1, 0.15) is 0 Å². The standard InChI is InChI=1S/C10H17NO2S/c1-2-14(12,13)11-7-9-5-3-4-6-10(9)8-11/h2,9-10H,1,3-8H2/t9-,10+. The van der Waals surface area contributed by atoms with E-state index in [0.29, 0.717) is 11.8 Å². The van der Waals surface area contributed by atoms with Crippen LogP contribution in [0.25, 0.3) is 0 Å². The van der Waals surface area contributed by atoms with Crippen molar-refractivity contribution in [3.05, 3.63) is 12.0 Å². The fraction of sp³-hybridized carbons (Fsp3) is 0.800. The van der Waals surface area contributed by atoms with E-state index in [9.17, 15) is 8.42 Å². The Hall–Kier alpha value is -0.350. The number of fused-ring (bicyclic) bond motifs is 1. The van der Waals surface area contributed by atoms with E-state index in [4.69, 9.17) is 0 Å². The second-order valence-electron chi connectivity index (χ2n) is 4.33. The van der Waals surface area contributed by atoms with Crippen molar-refractivity contribution in [2.45, 2.75) is 25.7 Å². The number of hydrogen-bond acceptors (Lipinski definition) is 2. The predicted octanol–water partition coefficient (Wildman–Crippen LogP) is 1.58. The van der Waals surface area contributed by atoms with E-state index >= 15 is 0 Å². The van der Waals surface area contributed by atoms with E-state index in [1.54, 1.807) is 4.31 Å². The summed E-state index contributed by atoms with van der Waals surface area (Å²) in [5.41, 5.74) is 0. The SMILES string of the molecule is C=CS(=O)(=O)N1C[C@H]2CCCC[C@H]2C1. The lowest BCUT2D eigenvalue weighted by Gasteiger charge is -2.22. The third-order valence-corrected chi connectivity index (χ3v) is 4.95. The van der Waals surface area contributed by atoms with Gasteiger partial charge in [0.15, 0.2) is 0 Å². The van der Waals surface area contributed by atoms with Crippen LogP contribution in [-0.2, 0) is 10.0 Å². The van der Waals surface area contributed by atoms with Crippen molar-refractivity contribution >= 4 is 10.0 Å². The lowest BCUT2D eigenvalue weighted by Crippen LogP contribution is -2.26. The summed E-state index contributed by atoms with van der Waals surface area (Å²) in [6, 6.07) is 0. The molecular weight excluding hydrogens is 198 g/mol. The summed E-state index contributed by atoms with van der Waals surface area (Å²) < 4.78 is 24.7. The first-order chi connectivity index (χ1) is 6.63. The molecule has 0 spiro atoms. The average Bonchev–Trinajstić information content (AvgIpc) is 2.61. The predicted molar refractivity (Wildman–Crippen MR) is 56.1 cm³/mol. The Morgan fingerprint density at radius 1 is 1.14 bits per heavy atom. The van der Waals surface area contributed by atoms with Crippen molar-refractivity contribution in [1.82, 2.24) is 4.31 Å². The average molecular weight is 215 g/mol. The lowest BCUT2D eigenvalue weighted by atomic mass is 9.82. The molecule has 2 rings (SSSR count). The Kier molecular flexibility index (Phi) is 2.66. The molecule has 1 heterocycles. The number of rotatable bonds is 2. The molecule has 0 aromatic carbocycles. The van der Waals surface area contributed by atoms with Gasteiger partial charge < -0.3 is 0 Å². The first-order valence-corrected chi connectivity index (χ1v) is 6.76. The molecule has 0 bridgehead atoms. The van der Waals surface area contributed by atoms with Crippen molar-refractivity contribution < 1.29 is 8.42 Å². The van der Waals surface area contributed by atoms with Gasteiger partial charge in [0.25, 0.3) is 0 Å². The molecule has 3 nitrogen and oxygen atoms in total. The van der Waals surface area contributed by atoms with Crippen molar-refractivity contribution in [3.8, 4) is 0 Å². The van der Waals surface area contributed by atoms with E-state index in [1.807, 2.05) is 0 Å². The highest BCUT2D eigenvalue weighted by molar-refractivity contribution is 7.92. The molecule has 0 N–H and O–H groups in total. The zero-order valence-corrected chi connectivity index (χ0v) is 9.17. The minimum atomic E-state index is -3.16. The van der Waals surface area contributed by atoms with Crippen LogP contribution >= 0.6 is 0 Å². The van der Waals surface area contributed by atoms with Crippen molar-refractivity contribution in [2.24, 2.45) is 11.8 Å². The van der Waals surface area contributed by atoms with E-state index in [1.165, 1.54) is 25.7 Å². The van der Waals surface area contributed by atoms with Crippen LogP contribution in [0.1, 0.15) is 25.7 Å². The van der Waals surface area contributed by atoms with Gasteiger partial charge >= 0.3 is 0 Å². The van der Waals surface area contributed by atoms with E-state index in [2.05, 4.69) is 6.58 Å². The second kappa shape index (κ2) is 3.66. The zero-order chi connectivity index (χ0) is 10.2. The molecule has 0 aromatic heterocycles. The molecule has 2 atom stereocenters. The highest BCUT2D eigenvalue weighted by Crippen LogP contribution is 2.37. The molecule has 4 heteroatoms. The normalized spacial score (nSPS) is 34.0. The highest BCUT2D eigenvalue weighted by Gasteiger charge is 2.38. The minimum absolute atomic E-state index is 0.610. The van der Waals surface area contributed by atoms with Gasteiger partial charge in [-0.1, -0.05) is 19.4 Å². The summed E-state index contributed by atoms with van der Waals surface area (Å²) >= 11 is 0. The molecule has 1 aliphatic carbocycles. The maximum atomic E-state index is 11.6. The molecule has 2 fully saturated rings. The molecule has 2 aliphatic rings. The quantitative estimate of drug-likeness (QED) is 0.701. The van der Waals surface area contributed by atoms with Crippen LogP contribution in [-0.4, -0.2) is 25.8 Å². The first-order valence-electron chi connectivity index (χ1n) is 5.26. The Morgan fingerprint density at radius 2 is 1.64 bits per heavy atom. The molecule has 1 saturated heterocycles. The maximum Gasteiger partial charge on any atom is 0.235 e. The summed E-state index contributed by atoms with van der Waals surface area (Å²) in [5, 5.41) is 1.07. The second-order valence-corrected chi connectivity index (χ2v) is 6.21. The summed E-state index contributed by atoms with van der Waals surface area (Å²) in [4.78, 5) is 0. The van der Waals surface area contributed by atoms with E-state index in [0.717, 1.165) is 18.5 Å². The monoisotopic (exact) mass is 215 g/mol. The third-order valence-electron chi connectivity index (χ3n) is 3.51. The van der Waals surface area contributed by atoms with Crippen molar-refractivity contribution in [2.75, 3.05) is 13.1 Å². The highest BCUT2D eigenvalue weighted by atomic mass is 32.2. The Balaban J connectivity index is 2.10.